The minimum Gasteiger partial charge on any atom is -0.495 e. The van der Waals surface area contributed by atoms with E-state index in [-0.39, 0.29) is 47.9 Å². The molecule has 1 saturated heterocycles. The summed E-state index contributed by atoms with van der Waals surface area (Å²) in [6.45, 7) is 0.365. The highest BCUT2D eigenvalue weighted by Crippen LogP contribution is 2.52. The van der Waals surface area contributed by atoms with Crippen LogP contribution in [0.15, 0.2) is 41.4 Å². The average Bonchev–Trinajstić information content (AvgIpc) is 3.45. The minimum atomic E-state index is -0.352. The lowest BCUT2D eigenvalue weighted by molar-refractivity contribution is -0.143. The van der Waals surface area contributed by atoms with Crippen LogP contribution in [0.2, 0.25) is 0 Å². The molecule has 2 bridgehead atoms. The maximum Gasteiger partial charge on any atom is 0.253 e. The Hall–Kier alpha value is -2.61. The first-order valence-electron chi connectivity index (χ1n) is 10.3. The van der Waals surface area contributed by atoms with Crippen LogP contribution in [0.25, 0.3) is 0 Å². The lowest BCUT2D eigenvalue weighted by Gasteiger charge is -2.28. The number of amides is 3. The Morgan fingerprint density at radius 1 is 1.20 bits per heavy atom. The van der Waals surface area contributed by atoms with Crippen molar-refractivity contribution in [3.05, 3.63) is 36.4 Å². The Balaban J connectivity index is 1.44. The molecule has 30 heavy (non-hydrogen) atoms. The van der Waals surface area contributed by atoms with Crippen LogP contribution >= 0.6 is 11.8 Å². The van der Waals surface area contributed by atoms with Crippen LogP contribution in [0.4, 0.5) is 5.69 Å². The molecule has 7 nitrogen and oxygen atoms in total. The number of hydrogen-bond donors (Lipinski definition) is 0. The Bertz CT molecular complexity index is 945. The summed E-state index contributed by atoms with van der Waals surface area (Å²) < 4.78 is 5.46. The Labute approximate surface area is 179 Å². The highest BCUT2D eigenvalue weighted by atomic mass is 32.2. The molecule has 0 spiro atoms. The zero-order valence-corrected chi connectivity index (χ0v) is 17.5. The number of thioether (sulfide) groups is 1. The van der Waals surface area contributed by atoms with E-state index < -0.39 is 0 Å². The molecule has 8 heteroatoms. The number of rotatable bonds is 4. The number of carbonyl (C=O) groups is 3. The molecule has 2 aliphatic carbocycles. The van der Waals surface area contributed by atoms with E-state index in [0.717, 1.165) is 18.6 Å². The Kier molecular flexibility index (Phi) is 4.89. The number of fused-ring (bicyclic) bond motifs is 5. The van der Waals surface area contributed by atoms with Crippen molar-refractivity contribution in [3.63, 3.8) is 0 Å². The lowest BCUT2D eigenvalue weighted by Crippen LogP contribution is -2.46. The van der Waals surface area contributed by atoms with E-state index in [1.54, 1.807) is 19.2 Å². The first kappa shape index (κ1) is 19.4. The maximum atomic E-state index is 13.5. The van der Waals surface area contributed by atoms with Gasteiger partial charge in [-0.15, -0.1) is 0 Å². The van der Waals surface area contributed by atoms with Gasteiger partial charge in [-0.3, -0.25) is 29.2 Å². The number of benzene rings is 1. The number of methoxy groups -OCH3 is 1. The molecular weight excluding hydrogens is 402 g/mol. The van der Waals surface area contributed by atoms with Crippen molar-refractivity contribution in [3.8, 4) is 5.75 Å². The highest BCUT2D eigenvalue weighted by molar-refractivity contribution is 8.14. The van der Waals surface area contributed by atoms with Crippen molar-refractivity contribution in [2.75, 3.05) is 30.9 Å². The van der Waals surface area contributed by atoms with Gasteiger partial charge in [-0.05, 0) is 36.8 Å². The molecule has 5 rings (SSSR count). The van der Waals surface area contributed by atoms with Gasteiger partial charge in [0.05, 0.1) is 24.6 Å². The standard InChI is InChI=1S/C22H23N3O4S/c1-29-16-6-3-2-5-15(16)25(22-23-9-4-10-30-22)17(26)12-24-20(27)18-13-7-8-14(11-13)19(18)21(24)28/h2-3,5-8,13-14,18-19H,4,9-12H2,1H3/t13-,14-,18-,19-/m0/s1. The molecule has 0 unspecified atom stereocenters. The maximum absolute atomic E-state index is 13.5. The molecule has 2 aliphatic heterocycles. The molecular formula is C22H23N3O4S. The van der Waals surface area contributed by atoms with E-state index >= 15 is 0 Å². The molecule has 4 aliphatic rings. The molecule has 2 heterocycles. The van der Waals surface area contributed by atoms with Crippen LogP contribution in [0.1, 0.15) is 12.8 Å². The van der Waals surface area contributed by atoms with Crippen LogP contribution in [0, 0.1) is 23.7 Å². The van der Waals surface area contributed by atoms with Crippen molar-refractivity contribution in [1.29, 1.82) is 0 Å². The number of allylic oxidation sites excluding steroid dienone is 2. The molecule has 4 atom stereocenters. The van der Waals surface area contributed by atoms with Gasteiger partial charge in [0.25, 0.3) is 5.91 Å². The fourth-order valence-corrected chi connectivity index (χ4v) is 6.04. The van der Waals surface area contributed by atoms with Gasteiger partial charge in [0.2, 0.25) is 11.8 Å². The first-order chi connectivity index (χ1) is 14.6. The van der Waals surface area contributed by atoms with E-state index in [1.807, 2.05) is 12.1 Å². The minimum absolute atomic E-state index is 0.125. The number of imide groups is 1. The van der Waals surface area contributed by atoms with E-state index in [2.05, 4.69) is 17.1 Å². The number of aliphatic imine (C=N–C) groups is 1. The van der Waals surface area contributed by atoms with Crippen LogP contribution in [-0.4, -0.2) is 53.7 Å². The summed E-state index contributed by atoms with van der Waals surface area (Å²) in [6.07, 6.45) is 5.92. The third kappa shape index (κ3) is 2.96. The molecule has 0 aromatic heterocycles. The van der Waals surface area contributed by atoms with Gasteiger partial charge in [-0.25, -0.2) is 0 Å². The summed E-state index contributed by atoms with van der Waals surface area (Å²) in [4.78, 5) is 46.7. The predicted octanol–water partition coefficient (Wildman–Crippen LogP) is 2.33. The zero-order chi connectivity index (χ0) is 20.8. The molecule has 0 N–H and O–H groups in total. The number of para-hydroxylation sites is 2. The number of anilines is 1. The SMILES string of the molecule is COc1ccccc1N(C(=O)CN1C(=O)[C@@H]2[C@@H](C1=O)[C@H]1C=C[C@H]2C1)C1=NCCCS1. The number of likely N-dealkylation sites (tertiary alicyclic amines) is 1. The van der Waals surface area contributed by atoms with Gasteiger partial charge in [-0.1, -0.05) is 36.0 Å². The van der Waals surface area contributed by atoms with Gasteiger partial charge in [0.1, 0.15) is 12.3 Å². The van der Waals surface area contributed by atoms with Gasteiger partial charge in [-0.2, -0.15) is 0 Å². The molecule has 1 aromatic rings. The smallest absolute Gasteiger partial charge is 0.253 e. The van der Waals surface area contributed by atoms with E-state index in [0.29, 0.717) is 23.1 Å². The molecule has 0 radical (unpaired) electrons. The van der Waals surface area contributed by atoms with Gasteiger partial charge in [0.15, 0.2) is 5.17 Å². The largest absolute Gasteiger partial charge is 0.495 e. The van der Waals surface area contributed by atoms with Crippen LogP contribution in [0.5, 0.6) is 5.75 Å². The molecule has 1 aromatic carbocycles. The number of hydrogen-bond acceptors (Lipinski definition) is 6. The van der Waals surface area contributed by atoms with Crippen molar-refractivity contribution in [2.24, 2.45) is 28.7 Å². The topological polar surface area (TPSA) is 79.3 Å². The summed E-state index contributed by atoms with van der Waals surface area (Å²) in [5, 5.41) is 0.580. The number of nitrogens with zero attached hydrogens (tertiary/aromatic N) is 3. The molecule has 3 amide bonds. The van der Waals surface area contributed by atoms with Crippen molar-refractivity contribution < 1.29 is 19.1 Å². The molecule has 1 saturated carbocycles. The second-order valence-corrected chi connectivity index (χ2v) is 9.09. The van der Waals surface area contributed by atoms with Crippen LogP contribution < -0.4 is 9.64 Å². The summed E-state index contributed by atoms with van der Waals surface area (Å²) >= 11 is 1.50. The van der Waals surface area contributed by atoms with Crippen molar-refractivity contribution in [1.82, 2.24) is 4.90 Å². The summed E-state index contributed by atoms with van der Waals surface area (Å²) in [6, 6.07) is 7.23. The monoisotopic (exact) mass is 425 g/mol. The Morgan fingerprint density at radius 2 is 1.90 bits per heavy atom. The van der Waals surface area contributed by atoms with E-state index in [4.69, 9.17) is 4.74 Å². The van der Waals surface area contributed by atoms with Gasteiger partial charge in [0, 0.05) is 12.3 Å². The van der Waals surface area contributed by atoms with Crippen LogP contribution in [0.3, 0.4) is 0 Å². The molecule has 2 fully saturated rings. The lowest BCUT2D eigenvalue weighted by atomic mass is 9.85. The fraction of sp³-hybridized carbons (Fsp3) is 0.455. The van der Waals surface area contributed by atoms with E-state index in [9.17, 15) is 14.4 Å². The molecule has 156 valence electrons. The van der Waals surface area contributed by atoms with Crippen LogP contribution in [-0.2, 0) is 14.4 Å². The predicted molar refractivity (Wildman–Crippen MR) is 114 cm³/mol. The average molecular weight is 426 g/mol. The highest BCUT2D eigenvalue weighted by Gasteiger charge is 2.59. The summed E-state index contributed by atoms with van der Waals surface area (Å²) in [7, 11) is 1.55. The Morgan fingerprint density at radius 3 is 2.53 bits per heavy atom. The quantitative estimate of drug-likeness (QED) is 0.547. The number of ether oxygens (including phenoxy) is 1. The second kappa shape index (κ2) is 7.58. The summed E-state index contributed by atoms with van der Waals surface area (Å²) in [5.41, 5.74) is 0.569. The number of carbonyl (C=O) groups excluding carboxylic acids is 3. The van der Waals surface area contributed by atoms with Crippen molar-refractivity contribution >= 4 is 40.3 Å². The third-order valence-electron chi connectivity index (χ3n) is 6.40. The first-order valence-corrected chi connectivity index (χ1v) is 11.3. The summed E-state index contributed by atoms with van der Waals surface area (Å²) in [5.74, 6) is 0.260. The fourth-order valence-electron chi connectivity index (χ4n) is 5.07. The van der Waals surface area contributed by atoms with Crippen molar-refractivity contribution in [2.45, 2.75) is 12.8 Å². The zero-order valence-electron chi connectivity index (χ0n) is 16.7. The second-order valence-electron chi connectivity index (χ2n) is 8.03. The normalized spacial score (nSPS) is 29.2. The third-order valence-corrected chi connectivity index (χ3v) is 7.47. The van der Waals surface area contributed by atoms with E-state index in [1.165, 1.54) is 21.6 Å². The number of amidine groups is 1. The van der Waals surface area contributed by atoms with Gasteiger partial charge < -0.3 is 4.74 Å². The van der Waals surface area contributed by atoms with Gasteiger partial charge >= 0.3 is 0 Å².